The average Bonchev–Trinajstić information content (AvgIpc) is 3.27. The number of nitrogens with zero attached hydrogens (tertiary/aromatic N) is 4. The summed E-state index contributed by atoms with van der Waals surface area (Å²) in [7, 11) is 0. The Morgan fingerprint density at radius 1 is 1.57 bits per heavy atom. The predicted molar refractivity (Wildman–Crippen MR) is 91.5 cm³/mol. The van der Waals surface area contributed by atoms with E-state index in [-0.39, 0.29) is 11.7 Å². The first-order chi connectivity index (χ1) is 11.3. The van der Waals surface area contributed by atoms with Crippen LogP contribution in [0.25, 0.3) is 11.6 Å². The molecule has 0 radical (unpaired) electrons. The van der Waals surface area contributed by atoms with Crippen LogP contribution in [0.4, 0.5) is 0 Å². The van der Waals surface area contributed by atoms with Gasteiger partial charge in [-0.3, -0.25) is 14.4 Å². The summed E-state index contributed by atoms with van der Waals surface area (Å²) in [4.78, 5) is 16.1. The SMILES string of the molecule is C=CCn1c(SCC(=O)NC2=NCCS2)nnc1-c1ccco1. The number of rotatable bonds is 6. The number of hydrogen-bond donors (Lipinski definition) is 1. The van der Waals surface area contributed by atoms with Crippen molar-refractivity contribution in [1.82, 2.24) is 20.1 Å². The van der Waals surface area contributed by atoms with E-state index in [0.29, 0.717) is 28.5 Å². The number of aliphatic imine (C=N–C) groups is 1. The summed E-state index contributed by atoms with van der Waals surface area (Å²) < 4.78 is 7.24. The molecule has 3 rings (SSSR count). The lowest BCUT2D eigenvalue weighted by Crippen LogP contribution is -2.29. The van der Waals surface area contributed by atoms with Gasteiger partial charge in [0.2, 0.25) is 11.7 Å². The quantitative estimate of drug-likeness (QED) is 0.634. The number of amides is 1. The van der Waals surface area contributed by atoms with Crippen molar-refractivity contribution in [3.63, 3.8) is 0 Å². The fourth-order valence-electron chi connectivity index (χ4n) is 1.97. The van der Waals surface area contributed by atoms with Crippen LogP contribution in [0.5, 0.6) is 0 Å². The minimum absolute atomic E-state index is 0.101. The molecule has 0 saturated carbocycles. The van der Waals surface area contributed by atoms with E-state index in [4.69, 9.17) is 4.42 Å². The highest BCUT2D eigenvalue weighted by molar-refractivity contribution is 8.14. The Bertz CT molecular complexity index is 724. The van der Waals surface area contributed by atoms with E-state index in [0.717, 1.165) is 12.3 Å². The second-order valence-electron chi connectivity index (χ2n) is 4.55. The Morgan fingerprint density at radius 3 is 3.17 bits per heavy atom. The van der Waals surface area contributed by atoms with Crippen molar-refractivity contribution in [2.75, 3.05) is 18.1 Å². The number of furan rings is 1. The molecule has 0 bridgehead atoms. The molecular formula is C14H15N5O2S2. The lowest BCUT2D eigenvalue weighted by Gasteiger charge is -2.06. The first kappa shape index (κ1) is 15.9. The fraction of sp³-hybridized carbons (Fsp3) is 0.286. The molecule has 9 heteroatoms. The maximum absolute atomic E-state index is 12.0. The summed E-state index contributed by atoms with van der Waals surface area (Å²) in [5.41, 5.74) is 0. The molecule has 2 aromatic rings. The monoisotopic (exact) mass is 349 g/mol. The Hall–Kier alpha value is -2.00. The molecule has 0 fully saturated rings. The van der Waals surface area contributed by atoms with Crippen LogP contribution in [0.15, 0.2) is 45.6 Å². The Kier molecular flexibility index (Phi) is 5.19. The minimum atomic E-state index is -0.101. The number of allylic oxidation sites excluding steroid dienone is 1. The van der Waals surface area contributed by atoms with Crippen molar-refractivity contribution in [3.05, 3.63) is 31.1 Å². The van der Waals surface area contributed by atoms with Crippen LogP contribution in [-0.4, -0.2) is 43.9 Å². The first-order valence-corrected chi connectivity index (χ1v) is 8.93. The van der Waals surface area contributed by atoms with Gasteiger partial charge in [0.25, 0.3) is 0 Å². The summed E-state index contributed by atoms with van der Waals surface area (Å²) >= 11 is 2.88. The van der Waals surface area contributed by atoms with Gasteiger partial charge in [-0.05, 0) is 12.1 Å². The van der Waals surface area contributed by atoms with Crippen LogP contribution in [-0.2, 0) is 11.3 Å². The molecule has 0 atom stereocenters. The molecule has 1 N–H and O–H groups in total. The van der Waals surface area contributed by atoms with E-state index in [2.05, 4.69) is 27.1 Å². The highest BCUT2D eigenvalue weighted by atomic mass is 32.2. The normalized spacial score (nSPS) is 13.8. The number of hydrogen-bond acceptors (Lipinski definition) is 7. The maximum atomic E-state index is 12.0. The van der Waals surface area contributed by atoms with Gasteiger partial charge in [-0.25, -0.2) is 0 Å². The number of carbonyl (C=O) groups is 1. The minimum Gasteiger partial charge on any atom is -0.461 e. The topological polar surface area (TPSA) is 85.3 Å². The zero-order valence-corrected chi connectivity index (χ0v) is 13.9. The molecule has 2 aromatic heterocycles. The maximum Gasteiger partial charge on any atom is 0.236 e. The molecule has 1 amide bonds. The number of thioether (sulfide) groups is 2. The van der Waals surface area contributed by atoms with Gasteiger partial charge >= 0.3 is 0 Å². The van der Waals surface area contributed by atoms with Crippen LogP contribution < -0.4 is 5.32 Å². The highest BCUT2D eigenvalue weighted by Crippen LogP contribution is 2.24. The van der Waals surface area contributed by atoms with E-state index >= 15 is 0 Å². The van der Waals surface area contributed by atoms with E-state index < -0.39 is 0 Å². The van der Waals surface area contributed by atoms with E-state index in [1.54, 1.807) is 30.2 Å². The third kappa shape index (κ3) is 3.85. The van der Waals surface area contributed by atoms with E-state index in [9.17, 15) is 4.79 Å². The van der Waals surface area contributed by atoms with Crippen LogP contribution in [0.1, 0.15) is 0 Å². The van der Waals surface area contributed by atoms with Crippen molar-refractivity contribution >= 4 is 34.6 Å². The van der Waals surface area contributed by atoms with Gasteiger partial charge in [0.15, 0.2) is 16.1 Å². The highest BCUT2D eigenvalue weighted by Gasteiger charge is 2.17. The number of nitrogens with one attached hydrogen (secondary N) is 1. The molecule has 0 saturated heterocycles. The lowest BCUT2D eigenvalue weighted by atomic mass is 10.4. The molecule has 7 nitrogen and oxygen atoms in total. The summed E-state index contributed by atoms with van der Waals surface area (Å²) in [5.74, 6) is 2.31. The molecule has 23 heavy (non-hydrogen) atoms. The number of amidine groups is 1. The fourth-order valence-corrected chi connectivity index (χ4v) is 3.47. The van der Waals surface area contributed by atoms with Gasteiger partial charge in [0, 0.05) is 12.3 Å². The second kappa shape index (κ2) is 7.51. The van der Waals surface area contributed by atoms with Gasteiger partial charge in [0.05, 0.1) is 18.6 Å². The zero-order valence-electron chi connectivity index (χ0n) is 12.3. The van der Waals surface area contributed by atoms with Gasteiger partial charge in [-0.2, -0.15) is 0 Å². The predicted octanol–water partition coefficient (Wildman–Crippen LogP) is 2.04. The van der Waals surface area contributed by atoms with Gasteiger partial charge in [0.1, 0.15) is 0 Å². The van der Waals surface area contributed by atoms with Crippen LogP contribution in [0.3, 0.4) is 0 Å². The zero-order chi connectivity index (χ0) is 16.1. The Morgan fingerprint density at radius 2 is 2.48 bits per heavy atom. The Labute approximate surface area is 141 Å². The largest absolute Gasteiger partial charge is 0.461 e. The van der Waals surface area contributed by atoms with Crippen LogP contribution in [0.2, 0.25) is 0 Å². The molecule has 120 valence electrons. The van der Waals surface area contributed by atoms with Crippen molar-refractivity contribution < 1.29 is 9.21 Å². The average molecular weight is 349 g/mol. The van der Waals surface area contributed by atoms with Gasteiger partial charge in [-0.15, -0.1) is 16.8 Å². The lowest BCUT2D eigenvalue weighted by molar-refractivity contribution is -0.117. The van der Waals surface area contributed by atoms with Gasteiger partial charge < -0.3 is 9.73 Å². The molecule has 0 aliphatic carbocycles. The van der Waals surface area contributed by atoms with Crippen LogP contribution >= 0.6 is 23.5 Å². The van der Waals surface area contributed by atoms with Crippen molar-refractivity contribution in [1.29, 1.82) is 0 Å². The summed E-state index contributed by atoms with van der Waals surface area (Å²) in [6.45, 7) is 5.04. The molecule has 0 spiro atoms. The summed E-state index contributed by atoms with van der Waals surface area (Å²) in [5, 5.41) is 12.4. The third-order valence-corrected chi connectivity index (χ3v) is 4.79. The number of carbonyl (C=O) groups excluding carboxylic acids is 1. The van der Waals surface area contributed by atoms with E-state index in [1.165, 1.54) is 11.8 Å². The number of aromatic nitrogens is 3. The van der Waals surface area contributed by atoms with E-state index in [1.807, 2.05) is 10.6 Å². The van der Waals surface area contributed by atoms with Crippen molar-refractivity contribution in [2.45, 2.75) is 11.7 Å². The molecular weight excluding hydrogens is 334 g/mol. The molecule has 3 heterocycles. The standard InChI is InChI=1S/C14H15N5O2S2/c1-2-6-19-12(10-4-3-7-21-10)17-18-14(19)23-9-11(20)16-13-15-5-8-22-13/h2-4,7H,1,5-6,8-9H2,(H,15,16,20). The van der Waals surface area contributed by atoms with Crippen molar-refractivity contribution in [2.24, 2.45) is 4.99 Å². The molecule has 1 aliphatic rings. The first-order valence-electron chi connectivity index (χ1n) is 6.96. The summed E-state index contributed by atoms with van der Waals surface area (Å²) in [6.07, 6.45) is 3.34. The van der Waals surface area contributed by atoms with Crippen molar-refractivity contribution in [3.8, 4) is 11.6 Å². The molecule has 0 aromatic carbocycles. The summed E-state index contributed by atoms with van der Waals surface area (Å²) in [6, 6.07) is 3.61. The Balaban J connectivity index is 1.67. The second-order valence-corrected chi connectivity index (χ2v) is 6.58. The van der Waals surface area contributed by atoms with Crippen LogP contribution in [0, 0.1) is 0 Å². The van der Waals surface area contributed by atoms with Gasteiger partial charge in [-0.1, -0.05) is 29.6 Å². The molecule has 1 aliphatic heterocycles. The molecule has 0 unspecified atom stereocenters. The smallest absolute Gasteiger partial charge is 0.236 e. The third-order valence-electron chi connectivity index (χ3n) is 2.93.